The number of hydrogen-bond donors (Lipinski definition) is 2. The van der Waals surface area contributed by atoms with Crippen molar-refractivity contribution in [1.29, 1.82) is 0 Å². The lowest BCUT2D eigenvalue weighted by Gasteiger charge is -2.40. The van der Waals surface area contributed by atoms with E-state index < -0.39 is 0 Å². The van der Waals surface area contributed by atoms with Crippen LogP contribution in [-0.2, 0) is 4.79 Å². The summed E-state index contributed by atoms with van der Waals surface area (Å²) in [4.78, 5) is 29.4. The van der Waals surface area contributed by atoms with Crippen molar-refractivity contribution in [2.75, 3.05) is 31.5 Å². The number of anilines is 1. The third-order valence-electron chi connectivity index (χ3n) is 5.51. The number of nitrogens with zero attached hydrogens (tertiary/aromatic N) is 2. The number of amides is 3. The molecule has 26 heavy (non-hydrogen) atoms. The maximum absolute atomic E-state index is 13.0. The maximum atomic E-state index is 13.0. The van der Waals surface area contributed by atoms with Gasteiger partial charge in [0.1, 0.15) is 0 Å². The number of hydrogen-bond acceptors (Lipinski definition) is 3. The predicted octanol–water partition coefficient (Wildman–Crippen LogP) is 2.58. The van der Waals surface area contributed by atoms with Crippen LogP contribution in [0.25, 0.3) is 0 Å². The van der Waals surface area contributed by atoms with E-state index in [1.807, 2.05) is 36.1 Å². The summed E-state index contributed by atoms with van der Waals surface area (Å²) < 4.78 is 0. The third kappa shape index (κ3) is 4.36. The van der Waals surface area contributed by atoms with Gasteiger partial charge < -0.3 is 20.9 Å². The first-order chi connectivity index (χ1) is 12.6. The molecule has 2 fully saturated rings. The second kappa shape index (κ2) is 8.54. The Balaban J connectivity index is 1.61. The minimum atomic E-state index is -0.123. The van der Waals surface area contributed by atoms with Gasteiger partial charge in [-0.1, -0.05) is 12.1 Å². The van der Waals surface area contributed by atoms with Crippen LogP contribution in [0.15, 0.2) is 24.3 Å². The second-order valence-corrected chi connectivity index (χ2v) is 7.50. The van der Waals surface area contributed by atoms with Gasteiger partial charge in [0.05, 0.1) is 5.92 Å². The minimum absolute atomic E-state index is 0.112. The van der Waals surface area contributed by atoms with Gasteiger partial charge in [0.2, 0.25) is 5.91 Å². The van der Waals surface area contributed by atoms with E-state index in [1.165, 1.54) is 0 Å². The van der Waals surface area contributed by atoms with Gasteiger partial charge in [0, 0.05) is 37.9 Å². The number of carbonyl (C=O) groups is 2. The van der Waals surface area contributed by atoms with Crippen molar-refractivity contribution in [3.8, 4) is 0 Å². The topological polar surface area (TPSA) is 78.7 Å². The first-order valence-electron chi connectivity index (χ1n) is 9.71. The fraction of sp³-hybridized carbons (Fsp3) is 0.600. The average Bonchev–Trinajstić information content (AvgIpc) is 2.67. The van der Waals surface area contributed by atoms with Crippen LogP contribution in [0.4, 0.5) is 10.5 Å². The Hall–Kier alpha value is -2.08. The molecule has 2 atom stereocenters. The largest absolute Gasteiger partial charge is 0.338 e. The quantitative estimate of drug-likeness (QED) is 0.872. The normalized spacial score (nSPS) is 23.6. The van der Waals surface area contributed by atoms with Gasteiger partial charge in [0.25, 0.3) is 0 Å². The Labute approximate surface area is 155 Å². The van der Waals surface area contributed by atoms with E-state index in [-0.39, 0.29) is 23.9 Å². The zero-order chi connectivity index (χ0) is 18.5. The van der Waals surface area contributed by atoms with Crippen LogP contribution in [-0.4, -0.2) is 54.0 Å². The zero-order valence-corrected chi connectivity index (χ0v) is 15.6. The number of aryl methyl sites for hydroxylation is 1. The highest BCUT2D eigenvalue weighted by Crippen LogP contribution is 2.24. The Morgan fingerprint density at radius 3 is 2.81 bits per heavy atom. The summed E-state index contributed by atoms with van der Waals surface area (Å²) in [5.41, 5.74) is 7.76. The molecule has 0 bridgehead atoms. The molecule has 142 valence electrons. The summed E-state index contributed by atoms with van der Waals surface area (Å²) in [5, 5.41) is 2.95. The first kappa shape index (κ1) is 18.7. The number of piperidine rings is 2. The Morgan fingerprint density at radius 2 is 2.04 bits per heavy atom. The van der Waals surface area contributed by atoms with Crippen molar-refractivity contribution in [1.82, 2.24) is 9.80 Å². The van der Waals surface area contributed by atoms with Crippen LogP contribution in [0, 0.1) is 12.8 Å². The van der Waals surface area contributed by atoms with Crippen molar-refractivity contribution in [3.63, 3.8) is 0 Å². The summed E-state index contributed by atoms with van der Waals surface area (Å²) in [6.45, 7) is 4.51. The van der Waals surface area contributed by atoms with Gasteiger partial charge in [0.15, 0.2) is 0 Å². The van der Waals surface area contributed by atoms with Crippen LogP contribution in [0.3, 0.4) is 0 Å². The molecule has 3 rings (SSSR count). The summed E-state index contributed by atoms with van der Waals surface area (Å²) in [7, 11) is 0. The number of benzene rings is 1. The van der Waals surface area contributed by atoms with Gasteiger partial charge in [-0.05, 0) is 56.7 Å². The van der Waals surface area contributed by atoms with Crippen LogP contribution < -0.4 is 11.1 Å². The van der Waals surface area contributed by atoms with Crippen molar-refractivity contribution < 1.29 is 9.59 Å². The Bertz CT molecular complexity index is 648. The molecular weight excluding hydrogens is 328 g/mol. The molecular formula is C20H30N4O2. The standard InChI is InChI=1S/C20H30N4O2/c1-15-6-4-8-17(12-15)22-20(26)23-10-5-7-16(14-23)19(25)24-11-3-2-9-18(24)13-21/h4,6,8,12,16,18H,2-3,5,7,9-11,13-14,21H2,1H3,(H,22,26). The predicted molar refractivity (Wildman–Crippen MR) is 103 cm³/mol. The highest BCUT2D eigenvalue weighted by atomic mass is 16.2. The molecule has 2 saturated heterocycles. The highest BCUT2D eigenvalue weighted by molar-refractivity contribution is 5.90. The lowest BCUT2D eigenvalue weighted by atomic mass is 9.93. The van der Waals surface area contributed by atoms with Gasteiger partial charge in [-0.2, -0.15) is 0 Å². The lowest BCUT2D eigenvalue weighted by molar-refractivity contribution is -0.140. The first-order valence-corrected chi connectivity index (χ1v) is 9.71. The molecule has 1 aromatic rings. The number of nitrogens with one attached hydrogen (secondary N) is 1. The highest BCUT2D eigenvalue weighted by Gasteiger charge is 2.34. The van der Waals surface area contributed by atoms with Crippen LogP contribution in [0.1, 0.15) is 37.7 Å². The molecule has 6 nitrogen and oxygen atoms in total. The summed E-state index contributed by atoms with van der Waals surface area (Å²) in [5.74, 6) is 0.0624. The molecule has 1 aromatic carbocycles. The lowest BCUT2D eigenvalue weighted by Crippen LogP contribution is -2.53. The molecule has 3 N–H and O–H groups in total. The Kier molecular flexibility index (Phi) is 6.14. The summed E-state index contributed by atoms with van der Waals surface area (Å²) >= 11 is 0. The second-order valence-electron chi connectivity index (χ2n) is 7.50. The van der Waals surface area contributed by atoms with Gasteiger partial charge in [-0.25, -0.2) is 4.79 Å². The molecule has 2 unspecified atom stereocenters. The van der Waals surface area contributed by atoms with Gasteiger partial charge in [-0.15, -0.1) is 0 Å². The van der Waals surface area contributed by atoms with Crippen LogP contribution >= 0.6 is 0 Å². The molecule has 6 heteroatoms. The van der Waals surface area contributed by atoms with E-state index in [9.17, 15) is 9.59 Å². The fourth-order valence-corrected chi connectivity index (χ4v) is 4.06. The van der Waals surface area contributed by atoms with Crippen molar-refractivity contribution in [2.24, 2.45) is 11.7 Å². The maximum Gasteiger partial charge on any atom is 0.321 e. The molecule has 2 aliphatic heterocycles. The number of urea groups is 1. The number of carbonyl (C=O) groups excluding carboxylic acids is 2. The summed E-state index contributed by atoms with van der Waals surface area (Å²) in [6.07, 6.45) is 4.89. The van der Waals surface area contributed by atoms with Gasteiger partial charge >= 0.3 is 6.03 Å². The monoisotopic (exact) mass is 358 g/mol. The molecule has 2 aliphatic rings. The molecule has 0 aromatic heterocycles. The van der Waals surface area contributed by atoms with Crippen LogP contribution in [0.2, 0.25) is 0 Å². The minimum Gasteiger partial charge on any atom is -0.338 e. The third-order valence-corrected chi connectivity index (χ3v) is 5.51. The van der Waals surface area contributed by atoms with Gasteiger partial charge in [-0.3, -0.25) is 4.79 Å². The number of likely N-dealkylation sites (tertiary alicyclic amines) is 2. The molecule has 2 heterocycles. The molecule has 0 radical (unpaired) electrons. The fourth-order valence-electron chi connectivity index (χ4n) is 4.06. The van der Waals surface area contributed by atoms with Crippen molar-refractivity contribution >= 4 is 17.6 Å². The SMILES string of the molecule is Cc1cccc(NC(=O)N2CCCC(C(=O)N3CCCCC3CN)C2)c1. The van der Waals surface area contributed by atoms with Crippen molar-refractivity contribution in [2.45, 2.75) is 45.1 Å². The van der Waals surface area contributed by atoms with E-state index in [0.29, 0.717) is 19.6 Å². The molecule has 0 aliphatic carbocycles. The number of rotatable bonds is 3. The zero-order valence-electron chi connectivity index (χ0n) is 15.6. The molecule has 3 amide bonds. The van der Waals surface area contributed by atoms with E-state index in [1.54, 1.807) is 4.90 Å². The molecule has 0 spiro atoms. The van der Waals surface area contributed by atoms with E-state index >= 15 is 0 Å². The Morgan fingerprint density at radius 1 is 1.19 bits per heavy atom. The average molecular weight is 358 g/mol. The van der Waals surface area contributed by atoms with E-state index in [0.717, 1.165) is 49.9 Å². The summed E-state index contributed by atoms with van der Waals surface area (Å²) in [6, 6.07) is 7.80. The van der Waals surface area contributed by atoms with Crippen LogP contribution in [0.5, 0.6) is 0 Å². The van der Waals surface area contributed by atoms with Crippen molar-refractivity contribution in [3.05, 3.63) is 29.8 Å². The molecule has 0 saturated carbocycles. The smallest absolute Gasteiger partial charge is 0.321 e. The van der Waals surface area contributed by atoms with E-state index in [2.05, 4.69) is 5.32 Å². The number of nitrogens with two attached hydrogens (primary N) is 1. The van der Waals surface area contributed by atoms with E-state index in [4.69, 9.17) is 5.73 Å².